The molecule has 9 heteroatoms. The Balaban J connectivity index is 1.15. The molecule has 6 rings (SSSR count). The number of fused-ring (bicyclic) bond motifs is 1. The fraction of sp³-hybridized carbons (Fsp3) is 0.0588. The zero-order valence-corrected chi connectivity index (χ0v) is 23.2. The topological polar surface area (TPSA) is 142 Å². The third kappa shape index (κ3) is 6.06. The zero-order valence-electron chi connectivity index (χ0n) is 23.2. The van der Waals surface area contributed by atoms with E-state index in [1.807, 2.05) is 72.8 Å². The van der Waals surface area contributed by atoms with Gasteiger partial charge in [-0.25, -0.2) is 14.8 Å². The minimum absolute atomic E-state index is 0.382. The van der Waals surface area contributed by atoms with Crippen molar-refractivity contribution in [1.82, 2.24) is 9.97 Å². The van der Waals surface area contributed by atoms with Crippen LogP contribution in [-0.2, 0) is 6.42 Å². The molecule has 2 heterocycles. The number of carbonyl (C=O) groups is 1. The van der Waals surface area contributed by atoms with Crippen molar-refractivity contribution in [1.29, 1.82) is 5.41 Å². The van der Waals surface area contributed by atoms with Crippen LogP contribution in [0.3, 0.4) is 0 Å². The summed E-state index contributed by atoms with van der Waals surface area (Å²) in [7, 11) is 0. The van der Waals surface area contributed by atoms with E-state index in [1.165, 1.54) is 6.33 Å². The lowest BCUT2D eigenvalue weighted by Crippen LogP contribution is -2.19. The predicted octanol–water partition coefficient (Wildman–Crippen LogP) is 7.44. The number of benzene rings is 4. The number of urea groups is 1. The zero-order chi connectivity index (χ0) is 29.6. The van der Waals surface area contributed by atoms with E-state index in [2.05, 4.69) is 38.1 Å². The van der Waals surface area contributed by atoms with E-state index in [9.17, 15) is 4.79 Å². The molecule has 0 aliphatic carbocycles. The molecular weight excluding hydrogens is 538 g/mol. The van der Waals surface area contributed by atoms with Crippen molar-refractivity contribution in [2.45, 2.75) is 6.42 Å². The molecule has 0 saturated heterocycles. The van der Waals surface area contributed by atoms with Crippen LogP contribution in [0.5, 0.6) is 0 Å². The highest BCUT2D eigenvalue weighted by Gasteiger charge is 2.21. The SMILES string of the molecule is N=Cc1cc(NC(=O)Nc2ccc(CCNc3ncnc4oc(-c5ccccc5)c(-c5ccccc5)c34)cc2)ccc1N. The summed E-state index contributed by atoms with van der Waals surface area (Å²) in [5.41, 5.74) is 12.6. The summed E-state index contributed by atoms with van der Waals surface area (Å²) in [5, 5.41) is 17.3. The van der Waals surface area contributed by atoms with E-state index in [1.54, 1.807) is 18.2 Å². The molecule has 0 aliphatic heterocycles. The number of rotatable bonds is 9. The van der Waals surface area contributed by atoms with Crippen molar-refractivity contribution in [3.05, 3.63) is 121 Å². The lowest BCUT2D eigenvalue weighted by molar-refractivity contribution is 0.262. The molecule has 0 radical (unpaired) electrons. The molecule has 2 aromatic heterocycles. The first-order valence-electron chi connectivity index (χ1n) is 13.8. The van der Waals surface area contributed by atoms with Gasteiger partial charge < -0.3 is 31.5 Å². The first-order valence-corrected chi connectivity index (χ1v) is 13.8. The quantitative estimate of drug-likeness (QED) is 0.0908. The van der Waals surface area contributed by atoms with Gasteiger partial charge in [-0.15, -0.1) is 0 Å². The van der Waals surface area contributed by atoms with Crippen LogP contribution in [-0.4, -0.2) is 28.8 Å². The molecule has 0 unspecified atom stereocenters. The number of nitrogen functional groups attached to an aromatic ring is 1. The fourth-order valence-electron chi connectivity index (χ4n) is 4.89. The van der Waals surface area contributed by atoms with Gasteiger partial charge in [0.2, 0.25) is 5.71 Å². The van der Waals surface area contributed by atoms with Gasteiger partial charge in [0, 0.05) is 46.5 Å². The van der Waals surface area contributed by atoms with Gasteiger partial charge in [-0.2, -0.15) is 0 Å². The van der Waals surface area contributed by atoms with Crippen LogP contribution in [0.4, 0.5) is 27.7 Å². The van der Waals surface area contributed by atoms with Gasteiger partial charge in [-0.1, -0.05) is 72.8 Å². The Bertz CT molecular complexity index is 1890. The average Bonchev–Trinajstić information content (AvgIpc) is 3.44. The Morgan fingerprint density at radius 2 is 1.51 bits per heavy atom. The molecule has 0 atom stereocenters. The van der Waals surface area contributed by atoms with Crippen LogP contribution in [0, 0.1) is 5.41 Å². The lowest BCUT2D eigenvalue weighted by atomic mass is 9.99. The van der Waals surface area contributed by atoms with E-state index in [4.69, 9.17) is 15.6 Å². The van der Waals surface area contributed by atoms with Crippen molar-refractivity contribution in [2.24, 2.45) is 0 Å². The number of anilines is 4. The summed E-state index contributed by atoms with van der Waals surface area (Å²) in [6, 6.07) is 32.4. The number of furan rings is 1. The summed E-state index contributed by atoms with van der Waals surface area (Å²) in [6.07, 6.45) is 3.40. The molecule has 0 spiro atoms. The molecule has 6 aromatic rings. The van der Waals surface area contributed by atoms with Crippen LogP contribution < -0.4 is 21.7 Å². The van der Waals surface area contributed by atoms with Gasteiger partial charge in [0.1, 0.15) is 17.9 Å². The first-order chi connectivity index (χ1) is 21.1. The van der Waals surface area contributed by atoms with Crippen LogP contribution in [0.25, 0.3) is 33.6 Å². The van der Waals surface area contributed by atoms with Crippen molar-refractivity contribution in [3.8, 4) is 22.5 Å². The Kier molecular flexibility index (Phi) is 7.77. The Morgan fingerprint density at radius 1 is 0.837 bits per heavy atom. The number of hydrogen-bond donors (Lipinski definition) is 5. The first kappa shape index (κ1) is 27.2. The number of amides is 2. The van der Waals surface area contributed by atoms with Gasteiger partial charge in [0.15, 0.2) is 0 Å². The number of nitrogens with zero attached hydrogens (tertiary/aromatic N) is 2. The van der Waals surface area contributed by atoms with Gasteiger partial charge >= 0.3 is 6.03 Å². The average molecular weight is 568 g/mol. The molecule has 6 N–H and O–H groups in total. The molecule has 212 valence electrons. The van der Waals surface area contributed by atoms with Crippen LogP contribution >= 0.6 is 0 Å². The highest BCUT2D eigenvalue weighted by atomic mass is 16.3. The second-order valence-electron chi connectivity index (χ2n) is 9.88. The summed E-state index contributed by atoms with van der Waals surface area (Å²) in [5.74, 6) is 1.46. The maximum atomic E-state index is 12.5. The largest absolute Gasteiger partial charge is 0.437 e. The molecule has 43 heavy (non-hydrogen) atoms. The van der Waals surface area contributed by atoms with Crippen molar-refractivity contribution in [2.75, 3.05) is 28.2 Å². The predicted molar refractivity (Wildman–Crippen MR) is 173 cm³/mol. The van der Waals surface area contributed by atoms with Gasteiger partial charge in [-0.05, 0) is 47.9 Å². The molecule has 0 aliphatic rings. The van der Waals surface area contributed by atoms with Gasteiger partial charge in [0.05, 0.1) is 5.39 Å². The van der Waals surface area contributed by atoms with E-state index >= 15 is 0 Å². The minimum atomic E-state index is -0.382. The van der Waals surface area contributed by atoms with Gasteiger partial charge in [-0.3, -0.25) is 0 Å². The highest BCUT2D eigenvalue weighted by molar-refractivity contribution is 6.06. The smallest absolute Gasteiger partial charge is 0.323 e. The molecule has 0 bridgehead atoms. The summed E-state index contributed by atoms with van der Waals surface area (Å²) >= 11 is 0. The van der Waals surface area contributed by atoms with E-state index < -0.39 is 0 Å². The molecule has 4 aromatic carbocycles. The molecule has 0 fully saturated rings. The van der Waals surface area contributed by atoms with Crippen LogP contribution in [0.1, 0.15) is 11.1 Å². The van der Waals surface area contributed by atoms with E-state index in [0.717, 1.165) is 46.0 Å². The number of nitrogens with two attached hydrogens (primary N) is 1. The van der Waals surface area contributed by atoms with Crippen molar-refractivity contribution >= 4 is 46.2 Å². The minimum Gasteiger partial charge on any atom is -0.437 e. The van der Waals surface area contributed by atoms with Crippen LogP contribution in [0.2, 0.25) is 0 Å². The second-order valence-corrected chi connectivity index (χ2v) is 9.88. The maximum absolute atomic E-state index is 12.5. The molecule has 9 nitrogen and oxygen atoms in total. The lowest BCUT2D eigenvalue weighted by Gasteiger charge is -2.11. The maximum Gasteiger partial charge on any atom is 0.323 e. The molecule has 2 amide bonds. The monoisotopic (exact) mass is 567 g/mol. The van der Waals surface area contributed by atoms with E-state index in [0.29, 0.717) is 40.7 Å². The fourth-order valence-corrected chi connectivity index (χ4v) is 4.89. The van der Waals surface area contributed by atoms with E-state index in [-0.39, 0.29) is 6.03 Å². The Hall–Kier alpha value is -5.96. The summed E-state index contributed by atoms with van der Waals surface area (Å²) in [6.45, 7) is 0.631. The number of carbonyl (C=O) groups excluding carboxylic acids is 1. The second kappa shape index (κ2) is 12.3. The Labute approximate surface area is 248 Å². The third-order valence-corrected chi connectivity index (χ3v) is 7.00. The number of nitrogens with one attached hydrogen (secondary N) is 4. The van der Waals surface area contributed by atoms with Crippen molar-refractivity contribution < 1.29 is 9.21 Å². The number of hydrogen-bond acceptors (Lipinski definition) is 7. The van der Waals surface area contributed by atoms with Crippen molar-refractivity contribution in [3.63, 3.8) is 0 Å². The normalized spacial score (nSPS) is 10.8. The molecular formula is C34H29N7O2. The standard InChI is InChI=1S/C34H29N7O2/c35-20-25-19-27(15-16-28(25)36)41-34(42)40-26-13-11-22(12-14-26)17-18-37-32-30-29(23-7-3-1-4-8-23)31(24-9-5-2-6-10-24)43-33(30)39-21-38-32/h1-16,19-21,35H,17-18,36H2,(H,37,38,39)(H2,40,41,42). The molecule has 0 saturated carbocycles. The van der Waals surface area contributed by atoms with Gasteiger partial charge in [0.25, 0.3) is 0 Å². The summed E-state index contributed by atoms with van der Waals surface area (Å²) in [4.78, 5) is 21.5. The Morgan fingerprint density at radius 3 is 2.23 bits per heavy atom. The summed E-state index contributed by atoms with van der Waals surface area (Å²) < 4.78 is 6.30. The van der Waals surface area contributed by atoms with Crippen LogP contribution in [0.15, 0.2) is 114 Å². The third-order valence-electron chi connectivity index (χ3n) is 7.00. The number of aromatic nitrogens is 2. The highest BCUT2D eigenvalue weighted by Crippen LogP contribution is 2.42.